The van der Waals surface area contributed by atoms with Crippen molar-refractivity contribution in [3.8, 4) is 0 Å². The summed E-state index contributed by atoms with van der Waals surface area (Å²) in [4.78, 5) is 0. The van der Waals surface area contributed by atoms with Gasteiger partial charge in [-0.05, 0) is 18.4 Å². The highest BCUT2D eigenvalue weighted by atomic mass is 16.3. The second-order valence-electron chi connectivity index (χ2n) is 3.41. The largest absolute Gasteiger partial charge is 0.511 e. The highest BCUT2D eigenvalue weighted by molar-refractivity contribution is 5.16. The van der Waals surface area contributed by atoms with E-state index in [-0.39, 0.29) is 5.76 Å². The van der Waals surface area contributed by atoms with Gasteiger partial charge < -0.3 is 20.4 Å². The first-order valence-corrected chi connectivity index (χ1v) is 4.85. The molecule has 4 N–H and O–H groups in total. The van der Waals surface area contributed by atoms with E-state index < -0.39 is 25.2 Å². The van der Waals surface area contributed by atoms with Gasteiger partial charge in [0, 0.05) is 0 Å². The number of allylic oxidation sites excluding steroid dienone is 1. The van der Waals surface area contributed by atoms with Gasteiger partial charge in [0.25, 0.3) is 0 Å². The highest BCUT2D eigenvalue weighted by Crippen LogP contribution is 2.28. The van der Waals surface area contributed by atoms with Crippen molar-refractivity contribution in [1.29, 1.82) is 0 Å². The van der Waals surface area contributed by atoms with E-state index in [9.17, 15) is 5.11 Å². The summed E-state index contributed by atoms with van der Waals surface area (Å²) in [6.45, 7) is 2.37. The molecule has 0 amide bonds. The van der Waals surface area contributed by atoms with Gasteiger partial charge >= 0.3 is 0 Å². The molecule has 0 aromatic rings. The fourth-order valence-electron chi connectivity index (χ4n) is 1.33. The van der Waals surface area contributed by atoms with Gasteiger partial charge in [-0.25, -0.2) is 0 Å². The van der Waals surface area contributed by atoms with Crippen LogP contribution in [0.25, 0.3) is 0 Å². The van der Waals surface area contributed by atoms with Crippen LogP contribution in [0.1, 0.15) is 26.7 Å². The molecule has 4 nitrogen and oxygen atoms in total. The molecule has 0 bridgehead atoms. The molecule has 0 aromatic carbocycles. The van der Waals surface area contributed by atoms with Crippen molar-refractivity contribution < 1.29 is 20.4 Å². The molecule has 0 rings (SSSR count). The van der Waals surface area contributed by atoms with E-state index in [0.29, 0.717) is 12.8 Å². The van der Waals surface area contributed by atoms with E-state index >= 15 is 0 Å². The molecule has 84 valence electrons. The third-order valence-electron chi connectivity index (χ3n) is 2.60. The summed E-state index contributed by atoms with van der Waals surface area (Å²) in [6, 6.07) is 0. The average molecular weight is 204 g/mol. The van der Waals surface area contributed by atoms with E-state index in [0.717, 1.165) is 5.57 Å². The molecule has 4 heteroatoms. The predicted molar refractivity (Wildman–Crippen MR) is 53.9 cm³/mol. The van der Waals surface area contributed by atoms with Crippen LogP contribution in [0.2, 0.25) is 0 Å². The van der Waals surface area contributed by atoms with Crippen molar-refractivity contribution in [2.24, 2.45) is 5.41 Å². The second kappa shape index (κ2) is 6.01. The molecule has 0 atom stereocenters. The number of aliphatic hydroxyl groups is 4. The topological polar surface area (TPSA) is 80.9 Å². The van der Waals surface area contributed by atoms with Crippen LogP contribution in [-0.2, 0) is 0 Å². The maximum absolute atomic E-state index is 9.82. The molecular formula is C10H20O4. The Kier molecular flexibility index (Phi) is 5.76. The molecule has 0 heterocycles. The van der Waals surface area contributed by atoms with Crippen LogP contribution in [0.15, 0.2) is 11.3 Å². The lowest BCUT2D eigenvalue weighted by atomic mass is 9.85. The Morgan fingerprint density at radius 1 is 0.929 bits per heavy atom. The third-order valence-corrected chi connectivity index (χ3v) is 2.60. The summed E-state index contributed by atoms with van der Waals surface area (Å²) in [5, 5.41) is 37.0. The van der Waals surface area contributed by atoms with Crippen LogP contribution in [0.4, 0.5) is 0 Å². The van der Waals surface area contributed by atoms with Gasteiger partial charge in [-0.1, -0.05) is 13.8 Å². The lowest BCUT2D eigenvalue weighted by Crippen LogP contribution is -2.36. The third kappa shape index (κ3) is 2.47. The SMILES string of the molecule is CCC(CC)=C(O)C(CO)(CO)CO. The van der Waals surface area contributed by atoms with Gasteiger partial charge in [0.05, 0.1) is 25.2 Å². The minimum atomic E-state index is -1.29. The molecule has 0 aromatic heterocycles. The first kappa shape index (κ1) is 13.4. The summed E-state index contributed by atoms with van der Waals surface area (Å²) >= 11 is 0. The molecule has 0 saturated carbocycles. The Labute approximate surface area is 84.5 Å². The van der Waals surface area contributed by atoms with E-state index in [1.165, 1.54) is 0 Å². The Morgan fingerprint density at radius 3 is 1.50 bits per heavy atom. The zero-order chi connectivity index (χ0) is 11.2. The number of aliphatic hydroxyl groups excluding tert-OH is 4. The van der Waals surface area contributed by atoms with Crippen LogP contribution in [-0.4, -0.2) is 40.2 Å². The minimum absolute atomic E-state index is 0.0741. The second-order valence-corrected chi connectivity index (χ2v) is 3.41. The Balaban J connectivity index is 5.08. The highest BCUT2D eigenvalue weighted by Gasteiger charge is 2.34. The first-order chi connectivity index (χ1) is 6.61. The molecule has 0 unspecified atom stereocenters. The van der Waals surface area contributed by atoms with E-state index in [2.05, 4.69) is 0 Å². The van der Waals surface area contributed by atoms with E-state index in [1.54, 1.807) is 0 Å². The summed E-state index contributed by atoms with van der Waals surface area (Å²) in [5.41, 5.74) is -0.538. The van der Waals surface area contributed by atoms with Gasteiger partial charge in [-0.2, -0.15) is 0 Å². The van der Waals surface area contributed by atoms with Crippen LogP contribution in [0.3, 0.4) is 0 Å². The fraction of sp³-hybridized carbons (Fsp3) is 0.800. The summed E-state index contributed by atoms with van der Waals surface area (Å²) in [6.07, 6.45) is 1.29. The molecule has 0 fully saturated rings. The van der Waals surface area contributed by atoms with Crippen molar-refractivity contribution in [2.45, 2.75) is 26.7 Å². The number of rotatable bonds is 6. The van der Waals surface area contributed by atoms with Gasteiger partial charge in [-0.15, -0.1) is 0 Å². The summed E-state index contributed by atoms with van der Waals surface area (Å²) < 4.78 is 0. The predicted octanol–water partition coefficient (Wildman–Crippen LogP) is 0.582. The van der Waals surface area contributed by atoms with Crippen molar-refractivity contribution >= 4 is 0 Å². The first-order valence-electron chi connectivity index (χ1n) is 4.85. The van der Waals surface area contributed by atoms with Gasteiger partial charge in [0.1, 0.15) is 5.76 Å². The van der Waals surface area contributed by atoms with Gasteiger partial charge in [-0.3, -0.25) is 0 Å². The Morgan fingerprint density at radius 2 is 1.29 bits per heavy atom. The molecule has 0 radical (unpaired) electrons. The minimum Gasteiger partial charge on any atom is -0.511 e. The van der Waals surface area contributed by atoms with Crippen LogP contribution >= 0.6 is 0 Å². The number of hydrogen-bond donors (Lipinski definition) is 4. The van der Waals surface area contributed by atoms with Crippen molar-refractivity contribution in [3.63, 3.8) is 0 Å². The molecule has 0 aliphatic carbocycles. The molecule has 14 heavy (non-hydrogen) atoms. The van der Waals surface area contributed by atoms with Crippen molar-refractivity contribution in [2.75, 3.05) is 19.8 Å². The molecule has 0 spiro atoms. The smallest absolute Gasteiger partial charge is 0.105 e. The monoisotopic (exact) mass is 204 g/mol. The van der Waals surface area contributed by atoms with E-state index in [1.807, 2.05) is 13.8 Å². The van der Waals surface area contributed by atoms with Crippen LogP contribution in [0.5, 0.6) is 0 Å². The lowest BCUT2D eigenvalue weighted by molar-refractivity contribution is 0.00316. The fourth-order valence-corrected chi connectivity index (χ4v) is 1.33. The number of hydrogen-bond acceptors (Lipinski definition) is 4. The molecule has 0 aliphatic heterocycles. The van der Waals surface area contributed by atoms with Crippen molar-refractivity contribution in [3.05, 3.63) is 11.3 Å². The average Bonchev–Trinajstić information content (AvgIpc) is 2.23. The van der Waals surface area contributed by atoms with Crippen molar-refractivity contribution in [1.82, 2.24) is 0 Å². The normalized spacial score (nSPS) is 11.5. The lowest BCUT2D eigenvalue weighted by Gasteiger charge is -2.28. The molecule has 0 saturated heterocycles. The molecular weight excluding hydrogens is 184 g/mol. The zero-order valence-corrected chi connectivity index (χ0v) is 8.82. The zero-order valence-electron chi connectivity index (χ0n) is 8.82. The maximum atomic E-state index is 9.82. The van der Waals surface area contributed by atoms with Crippen LogP contribution < -0.4 is 0 Å². The maximum Gasteiger partial charge on any atom is 0.105 e. The van der Waals surface area contributed by atoms with Crippen LogP contribution in [0, 0.1) is 5.41 Å². The van der Waals surface area contributed by atoms with Gasteiger partial charge in [0.15, 0.2) is 0 Å². The summed E-state index contributed by atoms with van der Waals surface area (Å²) in [5.74, 6) is -0.0741. The molecule has 0 aliphatic rings. The Bertz CT molecular complexity index is 180. The Hall–Kier alpha value is -0.580. The quantitative estimate of drug-likeness (QED) is 0.477. The summed E-state index contributed by atoms with van der Waals surface area (Å²) in [7, 11) is 0. The van der Waals surface area contributed by atoms with Gasteiger partial charge in [0.2, 0.25) is 0 Å². The van der Waals surface area contributed by atoms with E-state index in [4.69, 9.17) is 15.3 Å². The standard InChI is InChI=1S/C10H20O4/c1-3-8(4-2)9(14)10(5-11,6-12)7-13/h11-14H,3-7H2,1-2H3.